The summed E-state index contributed by atoms with van der Waals surface area (Å²) in [6, 6.07) is 10.7. The first kappa shape index (κ1) is 21.5. The fourth-order valence-corrected chi connectivity index (χ4v) is 5.42. The molecule has 9 heteroatoms. The van der Waals surface area contributed by atoms with Gasteiger partial charge in [-0.15, -0.1) is 0 Å². The number of halogens is 1. The Morgan fingerprint density at radius 2 is 1.90 bits per heavy atom. The van der Waals surface area contributed by atoms with Gasteiger partial charge in [-0.1, -0.05) is 12.5 Å². The number of hydrogen-bond donors (Lipinski definition) is 1. The van der Waals surface area contributed by atoms with Crippen LogP contribution in [0.4, 0.5) is 10.1 Å². The van der Waals surface area contributed by atoms with E-state index in [1.807, 2.05) is 11.6 Å². The van der Waals surface area contributed by atoms with Crippen molar-refractivity contribution in [1.29, 1.82) is 0 Å². The molecule has 2 heterocycles. The van der Waals surface area contributed by atoms with Gasteiger partial charge >= 0.3 is 0 Å². The van der Waals surface area contributed by atoms with Crippen molar-refractivity contribution in [3.63, 3.8) is 0 Å². The normalized spacial score (nSPS) is 15.3. The molecule has 1 fully saturated rings. The molecule has 0 unspecified atom stereocenters. The van der Waals surface area contributed by atoms with E-state index in [4.69, 9.17) is 0 Å². The second-order valence-electron chi connectivity index (χ2n) is 7.76. The van der Waals surface area contributed by atoms with Gasteiger partial charge in [-0.25, -0.2) is 17.8 Å². The van der Waals surface area contributed by atoms with Gasteiger partial charge in [0.25, 0.3) is 0 Å². The summed E-state index contributed by atoms with van der Waals surface area (Å²) in [4.78, 5) is 17.0. The van der Waals surface area contributed by atoms with E-state index in [0.29, 0.717) is 36.5 Å². The van der Waals surface area contributed by atoms with E-state index in [9.17, 15) is 17.6 Å². The lowest BCUT2D eigenvalue weighted by atomic mass is 10.2. The van der Waals surface area contributed by atoms with E-state index in [1.54, 1.807) is 24.3 Å². The quantitative estimate of drug-likeness (QED) is 0.631. The maximum Gasteiger partial charge on any atom is 0.243 e. The molecule has 1 amide bonds. The van der Waals surface area contributed by atoms with Crippen LogP contribution in [-0.4, -0.2) is 41.3 Å². The molecule has 1 aliphatic heterocycles. The molecule has 1 aliphatic rings. The third-order valence-electron chi connectivity index (χ3n) is 5.58. The van der Waals surface area contributed by atoms with E-state index < -0.39 is 15.8 Å². The number of hydrogen-bond acceptors (Lipinski definition) is 4. The maximum absolute atomic E-state index is 13.3. The van der Waals surface area contributed by atoms with Gasteiger partial charge in [-0.2, -0.15) is 4.31 Å². The van der Waals surface area contributed by atoms with Crippen molar-refractivity contribution in [2.75, 3.05) is 18.4 Å². The molecule has 0 saturated carbocycles. The monoisotopic (exact) mass is 444 g/mol. The molecule has 0 aliphatic carbocycles. The third-order valence-corrected chi connectivity index (χ3v) is 7.48. The molecule has 1 saturated heterocycles. The zero-order valence-corrected chi connectivity index (χ0v) is 18.2. The second-order valence-corrected chi connectivity index (χ2v) is 9.70. The lowest BCUT2D eigenvalue weighted by Gasteiger charge is -2.25. The minimum absolute atomic E-state index is 0.173. The molecule has 4 rings (SSSR count). The summed E-state index contributed by atoms with van der Waals surface area (Å²) in [5, 5.41) is 2.67. The van der Waals surface area contributed by atoms with Crippen molar-refractivity contribution in [2.45, 2.75) is 37.0 Å². The molecule has 7 nitrogen and oxygen atoms in total. The van der Waals surface area contributed by atoms with E-state index in [-0.39, 0.29) is 17.2 Å². The summed E-state index contributed by atoms with van der Waals surface area (Å²) in [5.41, 5.74) is 1.79. The summed E-state index contributed by atoms with van der Waals surface area (Å²) < 4.78 is 42.6. The minimum atomic E-state index is -3.53. The topological polar surface area (TPSA) is 84.3 Å². The van der Waals surface area contributed by atoms with Crippen LogP contribution >= 0.6 is 0 Å². The number of benzene rings is 2. The zero-order chi connectivity index (χ0) is 22.0. The summed E-state index contributed by atoms with van der Waals surface area (Å²) in [6.07, 6.45) is 3.37. The van der Waals surface area contributed by atoms with Crippen molar-refractivity contribution < 1.29 is 17.6 Å². The smallest absolute Gasteiger partial charge is 0.243 e. The highest BCUT2D eigenvalue weighted by atomic mass is 32.2. The standard InChI is InChI=1S/C22H25FN4O3S/c1-26-20-9-8-18(31(29,30)27-12-3-2-4-13-27)15-19(20)25-21(26)10-11-22(28)24-17-7-5-6-16(23)14-17/h5-9,14-15H,2-4,10-13H2,1H3,(H,24,28). The Kier molecular flexibility index (Phi) is 6.06. The van der Waals surface area contributed by atoms with E-state index in [1.165, 1.54) is 22.5 Å². The van der Waals surface area contributed by atoms with Gasteiger partial charge in [0, 0.05) is 38.7 Å². The van der Waals surface area contributed by atoms with Gasteiger partial charge in [0.05, 0.1) is 15.9 Å². The lowest BCUT2D eigenvalue weighted by molar-refractivity contribution is -0.116. The largest absolute Gasteiger partial charge is 0.331 e. The number of amides is 1. The van der Waals surface area contributed by atoms with Crippen LogP contribution in [0.1, 0.15) is 31.5 Å². The molecule has 0 atom stereocenters. The summed E-state index contributed by atoms with van der Waals surface area (Å²) >= 11 is 0. The highest BCUT2D eigenvalue weighted by Gasteiger charge is 2.26. The van der Waals surface area contributed by atoms with Crippen molar-refractivity contribution in [3.05, 3.63) is 54.1 Å². The molecule has 0 radical (unpaired) electrons. The predicted octanol–water partition coefficient (Wildman–Crippen LogP) is 3.46. The van der Waals surface area contributed by atoms with Crippen LogP contribution in [0.25, 0.3) is 11.0 Å². The number of nitrogens with zero attached hydrogens (tertiary/aromatic N) is 3. The average molecular weight is 445 g/mol. The number of anilines is 1. The first-order valence-electron chi connectivity index (χ1n) is 10.4. The fourth-order valence-electron chi connectivity index (χ4n) is 3.88. The molecule has 3 aromatic rings. The van der Waals surface area contributed by atoms with Crippen molar-refractivity contribution in [2.24, 2.45) is 7.05 Å². The first-order chi connectivity index (χ1) is 14.8. The van der Waals surface area contributed by atoms with Gasteiger partial charge < -0.3 is 9.88 Å². The van der Waals surface area contributed by atoms with E-state index >= 15 is 0 Å². The van der Waals surface area contributed by atoms with Gasteiger partial charge in [-0.3, -0.25) is 4.79 Å². The highest BCUT2D eigenvalue weighted by Crippen LogP contribution is 2.25. The number of aryl methyl sites for hydroxylation is 2. The van der Waals surface area contributed by atoms with Crippen molar-refractivity contribution >= 4 is 32.7 Å². The molecule has 0 bridgehead atoms. The molecular formula is C22H25FN4O3S. The SMILES string of the molecule is Cn1c(CCC(=O)Nc2cccc(F)c2)nc2cc(S(=O)(=O)N3CCCCC3)ccc21. The van der Waals surface area contributed by atoms with Gasteiger partial charge in [0.1, 0.15) is 11.6 Å². The number of aromatic nitrogens is 2. The Bertz CT molecular complexity index is 1220. The Hall–Kier alpha value is -2.78. The summed E-state index contributed by atoms with van der Waals surface area (Å²) in [6.45, 7) is 1.10. The molecule has 2 aromatic carbocycles. The number of imidazole rings is 1. The average Bonchev–Trinajstić information content (AvgIpc) is 3.08. The molecule has 31 heavy (non-hydrogen) atoms. The number of carbonyl (C=O) groups excluding carboxylic acids is 1. The number of piperidine rings is 1. The van der Waals surface area contributed by atoms with Gasteiger partial charge in [-0.05, 0) is 49.2 Å². The number of sulfonamides is 1. The zero-order valence-electron chi connectivity index (χ0n) is 17.3. The maximum atomic E-state index is 13.3. The summed E-state index contributed by atoms with van der Waals surface area (Å²) in [5.74, 6) is 0.0198. The third kappa shape index (κ3) is 4.62. The Balaban J connectivity index is 1.49. The van der Waals surface area contributed by atoms with Crippen LogP contribution in [0.15, 0.2) is 47.4 Å². The number of nitrogens with one attached hydrogen (secondary N) is 1. The Labute approximate surface area is 180 Å². The lowest BCUT2D eigenvalue weighted by Crippen LogP contribution is -2.35. The molecule has 0 spiro atoms. The summed E-state index contributed by atoms with van der Waals surface area (Å²) in [7, 11) is -1.69. The van der Waals surface area contributed by atoms with Crippen LogP contribution in [-0.2, 0) is 28.3 Å². The predicted molar refractivity (Wildman–Crippen MR) is 117 cm³/mol. The second kappa shape index (κ2) is 8.76. The van der Waals surface area contributed by atoms with Crippen molar-refractivity contribution in [1.82, 2.24) is 13.9 Å². The first-order valence-corrected chi connectivity index (χ1v) is 11.8. The number of rotatable bonds is 6. The minimum Gasteiger partial charge on any atom is -0.331 e. The molecule has 1 N–H and O–H groups in total. The Morgan fingerprint density at radius 1 is 1.13 bits per heavy atom. The molecular weight excluding hydrogens is 419 g/mol. The molecule has 164 valence electrons. The van der Waals surface area contributed by atoms with Crippen LogP contribution in [0.3, 0.4) is 0 Å². The number of carbonyl (C=O) groups is 1. The van der Waals surface area contributed by atoms with Crippen LogP contribution < -0.4 is 5.32 Å². The highest BCUT2D eigenvalue weighted by molar-refractivity contribution is 7.89. The van der Waals surface area contributed by atoms with Crippen molar-refractivity contribution in [3.8, 4) is 0 Å². The van der Waals surface area contributed by atoms with E-state index in [2.05, 4.69) is 10.3 Å². The van der Waals surface area contributed by atoms with Crippen LogP contribution in [0.5, 0.6) is 0 Å². The van der Waals surface area contributed by atoms with Crippen LogP contribution in [0.2, 0.25) is 0 Å². The van der Waals surface area contributed by atoms with Gasteiger partial charge in [0.2, 0.25) is 15.9 Å². The number of fused-ring (bicyclic) bond motifs is 1. The van der Waals surface area contributed by atoms with Gasteiger partial charge in [0.15, 0.2) is 0 Å². The van der Waals surface area contributed by atoms with Crippen LogP contribution in [0, 0.1) is 5.82 Å². The Morgan fingerprint density at radius 3 is 2.65 bits per heavy atom. The van der Waals surface area contributed by atoms with E-state index in [0.717, 1.165) is 24.8 Å². The fraction of sp³-hybridized carbons (Fsp3) is 0.364. The molecule has 1 aromatic heterocycles.